The third-order valence-electron chi connectivity index (χ3n) is 2.95. The number of aliphatic hydroxyl groups is 1. The first-order valence-electron chi connectivity index (χ1n) is 5.96. The van der Waals surface area contributed by atoms with Crippen molar-refractivity contribution in [2.75, 3.05) is 7.11 Å². The highest BCUT2D eigenvalue weighted by molar-refractivity contribution is 5.71. The second-order valence-corrected chi connectivity index (χ2v) is 4.73. The minimum Gasteiger partial charge on any atom is -0.481 e. The summed E-state index contributed by atoms with van der Waals surface area (Å²) < 4.78 is 5.02. The fourth-order valence-corrected chi connectivity index (χ4v) is 2.03. The van der Waals surface area contributed by atoms with Crippen molar-refractivity contribution in [2.24, 2.45) is 11.8 Å². The molecular weight excluding hydrogens is 232 g/mol. The van der Waals surface area contributed by atoms with Gasteiger partial charge in [-0.15, -0.1) is 0 Å². The van der Waals surface area contributed by atoms with E-state index in [9.17, 15) is 9.90 Å². The Hall–Kier alpha value is -1.39. The molecule has 0 saturated heterocycles. The number of ether oxygens (including phenoxy) is 1. The summed E-state index contributed by atoms with van der Waals surface area (Å²) in [5.74, 6) is -1.92. The van der Waals surface area contributed by atoms with Crippen molar-refractivity contribution >= 4 is 5.97 Å². The molecule has 0 aliphatic carbocycles. The van der Waals surface area contributed by atoms with Crippen molar-refractivity contribution < 1.29 is 19.7 Å². The molecule has 18 heavy (non-hydrogen) atoms. The van der Waals surface area contributed by atoms with Gasteiger partial charge in [-0.05, 0) is 17.0 Å². The molecule has 1 rings (SSSR count). The Bertz CT molecular complexity index is 401. The summed E-state index contributed by atoms with van der Waals surface area (Å²) in [5.41, 5.74) is 1.53. The molecule has 2 atom stereocenters. The van der Waals surface area contributed by atoms with Crippen LogP contribution in [-0.4, -0.2) is 23.3 Å². The maximum Gasteiger partial charge on any atom is 0.309 e. The van der Waals surface area contributed by atoms with Gasteiger partial charge in [-0.3, -0.25) is 4.79 Å². The highest BCUT2D eigenvalue weighted by Gasteiger charge is 2.30. The van der Waals surface area contributed by atoms with E-state index in [1.165, 1.54) is 0 Å². The van der Waals surface area contributed by atoms with Gasteiger partial charge in [-0.2, -0.15) is 0 Å². The van der Waals surface area contributed by atoms with Crippen LogP contribution >= 0.6 is 0 Å². The van der Waals surface area contributed by atoms with E-state index in [1.807, 2.05) is 6.07 Å². The largest absolute Gasteiger partial charge is 0.481 e. The monoisotopic (exact) mass is 252 g/mol. The van der Waals surface area contributed by atoms with Crippen molar-refractivity contribution in [1.29, 1.82) is 0 Å². The minimum atomic E-state index is -1.00. The van der Waals surface area contributed by atoms with Crippen LogP contribution in [-0.2, 0) is 16.1 Å². The van der Waals surface area contributed by atoms with E-state index in [1.54, 1.807) is 39.2 Å². The number of carboxylic acids is 1. The topological polar surface area (TPSA) is 66.8 Å². The smallest absolute Gasteiger partial charge is 0.309 e. The predicted molar refractivity (Wildman–Crippen MR) is 68.1 cm³/mol. The number of carbonyl (C=O) groups is 1. The van der Waals surface area contributed by atoms with Crippen LogP contribution < -0.4 is 0 Å². The lowest BCUT2D eigenvalue weighted by Gasteiger charge is -2.23. The first-order valence-corrected chi connectivity index (χ1v) is 5.96. The maximum atomic E-state index is 11.2. The van der Waals surface area contributed by atoms with Gasteiger partial charge < -0.3 is 14.9 Å². The molecule has 0 aromatic heterocycles. The third-order valence-corrected chi connectivity index (χ3v) is 2.95. The highest BCUT2D eigenvalue weighted by atomic mass is 16.5. The van der Waals surface area contributed by atoms with E-state index >= 15 is 0 Å². The molecular formula is C14H20O4. The predicted octanol–water partition coefficient (Wildman–Crippen LogP) is 2.22. The Balaban J connectivity index is 2.97. The van der Waals surface area contributed by atoms with Gasteiger partial charge in [0.2, 0.25) is 0 Å². The Labute approximate surface area is 107 Å². The number of rotatable bonds is 6. The Morgan fingerprint density at radius 3 is 2.56 bits per heavy atom. The average Bonchev–Trinajstić information content (AvgIpc) is 2.28. The number of carboxylic acid groups (broad SMARTS) is 1. The van der Waals surface area contributed by atoms with E-state index in [2.05, 4.69) is 0 Å². The fourth-order valence-electron chi connectivity index (χ4n) is 2.03. The molecule has 1 aromatic carbocycles. The molecule has 0 heterocycles. The van der Waals surface area contributed by atoms with Gasteiger partial charge in [0.1, 0.15) is 0 Å². The zero-order valence-corrected chi connectivity index (χ0v) is 11.0. The molecule has 0 aliphatic heterocycles. The highest BCUT2D eigenvalue weighted by Crippen LogP contribution is 2.28. The van der Waals surface area contributed by atoms with Crippen LogP contribution in [0.4, 0.5) is 0 Å². The molecule has 4 heteroatoms. The van der Waals surface area contributed by atoms with Gasteiger partial charge in [-0.1, -0.05) is 38.1 Å². The van der Waals surface area contributed by atoms with Gasteiger partial charge in [0.15, 0.2) is 0 Å². The zero-order valence-electron chi connectivity index (χ0n) is 11.0. The molecule has 0 aliphatic rings. The lowest BCUT2D eigenvalue weighted by molar-refractivity contribution is -0.148. The molecule has 0 bridgehead atoms. The summed E-state index contributed by atoms with van der Waals surface area (Å²) in [4.78, 5) is 11.2. The molecule has 2 N–H and O–H groups in total. The van der Waals surface area contributed by atoms with Crippen LogP contribution in [0.5, 0.6) is 0 Å². The molecule has 4 nitrogen and oxygen atoms in total. The SMILES string of the molecule is COCc1cccc(C(O)C(C(=O)O)C(C)C)c1. The number of aliphatic hydroxyl groups excluding tert-OH is 1. The quantitative estimate of drug-likeness (QED) is 0.814. The van der Waals surface area contributed by atoms with Gasteiger partial charge in [-0.25, -0.2) is 0 Å². The van der Waals surface area contributed by atoms with Crippen LogP contribution in [0.15, 0.2) is 24.3 Å². The minimum absolute atomic E-state index is 0.136. The molecule has 0 saturated carbocycles. The number of hydrogen-bond donors (Lipinski definition) is 2. The summed E-state index contributed by atoms with van der Waals surface area (Å²) in [5, 5.41) is 19.4. The summed E-state index contributed by atoms with van der Waals surface area (Å²) in [6.45, 7) is 4.03. The average molecular weight is 252 g/mol. The molecule has 0 spiro atoms. The van der Waals surface area contributed by atoms with Crippen LogP contribution in [0.1, 0.15) is 31.1 Å². The van der Waals surface area contributed by atoms with E-state index < -0.39 is 18.0 Å². The van der Waals surface area contributed by atoms with Crippen LogP contribution in [0.2, 0.25) is 0 Å². The Morgan fingerprint density at radius 2 is 2.06 bits per heavy atom. The second-order valence-electron chi connectivity index (χ2n) is 4.73. The lowest BCUT2D eigenvalue weighted by Crippen LogP contribution is -2.27. The van der Waals surface area contributed by atoms with Gasteiger partial charge in [0.25, 0.3) is 0 Å². The van der Waals surface area contributed by atoms with Crippen molar-refractivity contribution in [1.82, 2.24) is 0 Å². The van der Waals surface area contributed by atoms with Crippen molar-refractivity contribution in [3.63, 3.8) is 0 Å². The third kappa shape index (κ3) is 3.55. The zero-order chi connectivity index (χ0) is 13.7. The summed E-state index contributed by atoms with van der Waals surface area (Å²) >= 11 is 0. The summed E-state index contributed by atoms with van der Waals surface area (Å²) in [7, 11) is 1.59. The van der Waals surface area contributed by atoms with E-state index in [0.717, 1.165) is 5.56 Å². The molecule has 0 radical (unpaired) electrons. The summed E-state index contributed by atoms with van der Waals surface area (Å²) in [6.07, 6.45) is -1.00. The molecule has 0 amide bonds. The molecule has 100 valence electrons. The van der Waals surface area contributed by atoms with E-state index in [4.69, 9.17) is 9.84 Å². The lowest BCUT2D eigenvalue weighted by atomic mass is 9.86. The first kappa shape index (κ1) is 14.7. The number of aliphatic carboxylic acids is 1. The Morgan fingerprint density at radius 1 is 1.39 bits per heavy atom. The van der Waals surface area contributed by atoms with E-state index in [-0.39, 0.29) is 5.92 Å². The molecule has 2 unspecified atom stereocenters. The van der Waals surface area contributed by atoms with Crippen molar-refractivity contribution in [3.05, 3.63) is 35.4 Å². The van der Waals surface area contributed by atoms with Crippen molar-refractivity contribution in [3.8, 4) is 0 Å². The van der Waals surface area contributed by atoms with Crippen LogP contribution in [0, 0.1) is 11.8 Å². The Kier molecular flexibility index (Phi) is 5.31. The van der Waals surface area contributed by atoms with Crippen LogP contribution in [0.3, 0.4) is 0 Å². The maximum absolute atomic E-state index is 11.2. The normalized spacial score (nSPS) is 14.5. The fraction of sp³-hybridized carbons (Fsp3) is 0.500. The van der Waals surface area contributed by atoms with Gasteiger partial charge in [0.05, 0.1) is 18.6 Å². The van der Waals surface area contributed by atoms with E-state index in [0.29, 0.717) is 12.2 Å². The summed E-state index contributed by atoms with van der Waals surface area (Å²) in [6, 6.07) is 7.20. The van der Waals surface area contributed by atoms with Gasteiger partial charge in [0, 0.05) is 7.11 Å². The van der Waals surface area contributed by atoms with Crippen molar-refractivity contribution in [2.45, 2.75) is 26.6 Å². The molecule has 0 fully saturated rings. The second kappa shape index (κ2) is 6.52. The number of methoxy groups -OCH3 is 1. The number of benzene rings is 1. The standard InChI is InChI=1S/C14H20O4/c1-9(2)12(14(16)17)13(15)11-6-4-5-10(7-11)8-18-3/h4-7,9,12-13,15H,8H2,1-3H3,(H,16,17). The molecule has 1 aromatic rings. The number of hydrogen-bond acceptors (Lipinski definition) is 3. The first-order chi connectivity index (χ1) is 8.47. The van der Waals surface area contributed by atoms with Gasteiger partial charge >= 0.3 is 5.97 Å². The van der Waals surface area contributed by atoms with Crippen LogP contribution in [0.25, 0.3) is 0 Å².